The number of hydrogen-bond acceptors (Lipinski definition) is 4. The zero-order valence-electron chi connectivity index (χ0n) is 13.0. The van der Waals surface area contributed by atoms with Gasteiger partial charge in [-0.25, -0.2) is 0 Å². The summed E-state index contributed by atoms with van der Waals surface area (Å²) < 4.78 is 0. The predicted octanol–water partition coefficient (Wildman–Crippen LogP) is 3.45. The molecule has 1 aliphatic rings. The Morgan fingerprint density at radius 2 is 1.82 bits per heavy atom. The second kappa shape index (κ2) is 7.07. The summed E-state index contributed by atoms with van der Waals surface area (Å²) in [4.78, 5) is 17.8. The van der Waals surface area contributed by atoms with Crippen LogP contribution in [-0.2, 0) is 0 Å². The number of aryl methyl sites for hydroxylation is 1. The molecule has 1 aliphatic heterocycles. The van der Waals surface area contributed by atoms with E-state index in [1.165, 1.54) is 11.3 Å². The third kappa shape index (κ3) is 3.76. The molecular weight excluding hydrogens is 292 g/mol. The zero-order chi connectivity index (χ0) is 15.4. The number of thiophene rings is 1. The van der Waals surface area contributed by atoms with E-state index in [1.807, 2.05) is 17.5 Å². The van der Waals surface area contributed by atoms with E-state index < -0.39 is 0 Å². The highest BCUT2D eigenvalue weighted by molar-refractivity contribution is 7.12. The number of nitrogens with zero attached hydrogens (tertiary/aromatic N) is 2. The van der Waals surface area contributed by atoms with Crippen molar-refractivity contribution in [2.24, 2.45) is 0 Å². The molecule has 0 amide bonds. The van der Waals surface area contributed by atoms with Crippen LogP contribution in [0.2, 0.25) is 0 Å². The van der Waals surface area contributed by atoms with Gasteiger partial charge in [0.1, 0.15) is 0 Å². The highest BCUT2D eigenvalue weighted by Crippen LogP contribution is 2.17. The van der Waals surface area contributed by atoms with Crippen LogP contribution in [0.3, 0.4) is 0 Å². The van der Waals surface area contributed by atoms with Gasteiger partial charge in [0.25, 0.3) is 0 Å². The van der Waals surface area contributed by atoms with E-state index in [0.29, 0.717) is 6.42 Å². The molecule has 116 valence electrons. The number of Topliss-reactive ketones (excluding diaryl/α,β-unsaturated/α-hetero) is 1. The number of hydrogen-bond donors (Lipinski definition) is 0. The van der Waals surface area contributed by atoms with Crippen molar-refractivity contribution in [1.29, 1.82) is 0 Å². The zero-order valence-corrected chi connectivity index (χ0v) is 13.8. The molecule has 2 aromatic rings. The highest BCUT2D eigenvalue weighted by Gasteiger charge is 2.18. The summed E-state index contributed by atoms with van der Waals surface area (Å²) in [6, 6.07) is 12.6. The lowest BCUT2D eigenvalue weighted by molar-refractivity contribution is 0.0966. The van der Waals surface area contributed by atoms with Crippen molar-refractivity contribution in [1.82, 2.24) is 4.90 Å². The number of rotatable bonds is 5. The van der Waals surface area contributed by atoms with Crippen molar-refractivity contribution in [2.75, 3.05) is 37.6 Å². The summed E-state index contributed by atoms with van der Waals surface area (Å²) >= 11 is 1.54. The first-order valence-electron chi connectivity index (χ1n) is 7.83. The van der Waals surface area contributed by atoms with Crippen molar-refractivity contribution in [3.8, 4) is 0 Å². The Hall–Kier alpha value is -1.65. The van der Waals surface area contributed by atoms with Crippen molar-refractivity contribution in [3.63, 3.8) is 0 Å². The highest BCUT2D eigenvalue weighted by atomic mass is 32.1. The van der Waals surface area contributed by atoms with Gasteiger partial charge >= 0.3 is 0 Å². The van der Waals surface area contributed by atoms with Crippen LogP contribution in [0.4, 0.5) is 5.69 Å². The molecule has 0 bridgehead atoms. The Labute approximate surface area is 136 Å². The SMILES string of the molecule is Cc1ccc(N2CCN(CCC(=O)c3cccs3)CC2)cc1. The van der Waals surface area contributed by atoms with Gasteiger partial charge in [0, 0.05) is 44.8 Å². The van der Waals surface area contributed by atoms with E-state index in [-0.39, 0.29) is 5.78 Å². The van der Waals surface area contributed by atoms with Crippen LogP contribution < -0.4 is 4.90 Å². The van der Waals surface area contributed by atoms with Crippen LogP contribution in [0, 0.1) is 6.92 Å². The van der Waals surface area contributed by atoms with E-state index in [4.69, 9.17) is 0 Å². The molecule has 2 heterocycles. The molecule has 3 nitrogen and oxygen atoms in total. The molecule has 0 N–H and O–H groups in total. The van der Waals surface area contributed by atoms with Gasteiger partial charge in [-0.2, -0.15) is 0 Å². The first-order valence-corrected chi connectivity index (χ1v) is 8.71. The van der Waals surface area contributed by atoms with Gasteiger partial charge < -0.3 is 4.90 Å². The molecule has 1 aromatic heterocycles. The second-order valence-corrected chi connectivity index (χ2v) is 6.76. The van der Waals surface area contributed by atoms with E-state index >= 15 is 0 Å². The Morgan fingerprint density at radius 1 is 1.09 bits per heavy atom. The van der Waals surface area contributed by atoms with Crippen LogP contribution >= 0.6 is 11.3 Å². The summed E-state index contributed by atoms with van der Waals surface area (Å²) in [5.41, 5.74) is 2.61. The molecule has 22 heavy (non-hydrogen) atoms. The van der Waals surface area contributed by atoms with Gasteiger partial charge in [-0.05, 0) is 30.5 Å². The van der Waals surface area contributed by atoms with Crippen molar-refractivity contribution < 1.29 is 4.79 Å². The van der Waals surface area contributed by atoms with Crippen LogP contribution in [-0.4, -0.2) is 43.4 Å². The minimum atomic E-state index is 0.274. The predicted molar refractivity (Wildman–Crippen MR) is 93.1 cm³/mol. The van der Waals surface area contributed by atoms with Crippen molar-refractivity contribution >= 4 is 22.8 Å². The number of carbonyl (C=O) groups is 1. The fraction of sp³-hybridized carbons (Fsp3) is 0.389. The standard InChI is InChI=1S/C18H22N2OS/c1-15-4-6-16(7-5-15)20-12-10-19(11-13-20)9-8-17(21)18-3-2-14-22-18/h2-7,14H,8-13H2,1H3. The molecule has 1 fully saturated rings. The Balaban J connectivity index is 1.45. The quantitative estimate of drug-likeness (QED) is 0.790. The molecular formula is C18H22N2OS. The first-order chi connectivity index (χ1) is 10.7. The maximum Gasteiger partial charge on any atom is 0.174 e. The molecule has 0 atom stereocenters. The Morgan fingerprint density at radius 3 is 2.45 bits per heavy atom. The van der Waals surface area contributed by atoms with Gasteiger partial charge in [-0.15, -0.1) is 11.3 Å². The van der Waals surface area contributed by atoms with Gasteiger partial charge in [0.15, 0.2) is 5.78 Å². The van der Waals surface area contributed by atoms with Gasteiger partial charge in [0.05, 0.1) is 4.88 Å². The van der Waals surface area contributed by atoms with E-state index in [9.17, 15) is 4.79 Å². The number of carbonyl (C=O) groups excluding carboxylic acids is 1. The molecule has 0 radical (unpaired) electrons. The molecule has 4 heteroatoms. The lowest BCUT2D eigenvalue weighted by atomic mass is 10.2. The normalized spacial score (nSPS) is 16.0. The van der Waals surface area contributed by atoms with Crippen molar-refractivity contribution in [3.05, 3.63) is 52.2 Å². The molecule has 3 rings (SSSR count). The molecule has 0 aliphatic carbocycles. The minimum Gasteiger partial charge on any atom is -0.369 e. The number of anilines is 1. The lowest BCUT2D eigenvalue weighted by Crippen LogP contribution is -2.46. The molecule has 0 saturated carbocycles. The van der Waals surface area contributed by atoms with Gasteiger partial charge in [-0.1, -0.05) is 23.8 Å². The number of benzene rings is 1. The summed E-state index contributed by atoms with van der Waals surface area (Å²) in [7, 11) is 0. The summed E-state index contributed by atoms with van der Waals surface area (Å²) in [6.45, 7) is 7.13. The molecule has 0 spiro atoms. The summed E-state index contributed by atoms with van der Waals surface area (Å²) in [5.74, 6) is 0.274. The number of ketones is 1. The van der Waals surface area contributed by atoms with Crippen LogP contribution in [0.1, 0.15) is 21.7 Å². The average Bonchev–Trinajstić information content (AvgIpc) is 3.08. The Bertz CT molecular complexity index is 599. The Kier molecular flexibility index (Phi) is 4.90. The fourth-order valence-corrected chi connectivity index (χ4v) is 3.50. The monoisotopic (exact) mass is 314 g/mol. The minimum absolute atomic E-state index is 0.274. The maximum absolute atomic E-state index is 12.0. The maximum atomic E-state index is 12.0. The molecule has 1 saturated heterocycles. The topological polar surface area (TPSA) is 23.6 Å². The molecule has 0 unspecified atom stereocenters. The fourth-order valence-electron chi connectivity index (χ4n) is 2.81. The van der Waals surface area contributed by atoms with Crippen LogP contribution in [0.5, 0.6) is 0 Å². The first kappa shape index (κ1) is 15.3. The smallest absolute Gasteiger partial charge is 0.174 e. The number of piperazine rings is 1. The van der Waals surface area contributed by atoms with E-state index in [2.05, 4.69) is 41.0 Å². The van der Waals surface area contributed by atoms with Gasteiger partial charge in [-0.3, -0.25) is 9.69 Å². The van der Waals surface area contributed by atoms with Crippen LogP contribution in [0.25, 0.3) is 0 Å². The largest absolute Gasteiger partial charge is 0.369 e. The van der Waals surface area contributed by atoms with E-state index in [0.717, 1.165) is 37.6 Å². The van der Waals surface area contributed by atoms with Gasteiger partial charge in [0.2, 0.25) is 0 Å². The average molecular weight is 314 g/mol. The summed E-state index contributed by atoms with van der Waals surface area (Å²) in [5, 5.41) is 1.97. The third-order valence-electron chi connectivity index (χ3n) is 4.22. The third-order valence-corrected chi connectivity index (χ3v) is 5.13. The van der Waals surface area contributed by atoms with Crippen LogP contribution in [0.15, 0.2) is 41.8 Å². The summed E-state index contributed by atoms with van der Waals surface area (Å²) in [6.07, 6.45) is 0.630. The lowest BCUT2D eigenvalue weighted by Gasteiger charge is -2.36. The van der Waals surface area contributed by atoms with Crippen molar-refractivity contribution in [2.45, 2.75) is 13.3 Å². The molecule has 1 aromatic carbocycles. The second-order valence-electron chi connectivity index (χ2n) is 5.81. The van der Waals surface area contributed by atoms with E-state index in [1.54, 1.807) is 11.3 Å².